The Labute approximate surface area is 290 Å². The van der Waals surface area contributed by atoms with Gasteiger partial charge >= 0.3 is 0 Å². The van der Waals surface area contributed by atoms with Crippen LogP contribution in [0.2, 0.25) is 0 Å². The van der Waals surface area contributed by atoms with E-state index in [0.717, 1.165) is 22.2 Å². The SMILES string of the molecule is C1=CC2c3ccc4c(c3C(c3ccccc3)(c3ccccc3)C2C=C1)c1ccccc1n4-c1nc(-c2ccccc2)nc(-c2ccccc2)n1. The van der Waals surface area contributed by atoms with Gasteiger partial charge in [-0.15, -0.1) is 0 Å². The van der Waals surface area contributed by atoms with Crippen LogP contribution in [0.1, 0.15) is 28.2 Å². The van der Waals surface area contributed by atoms with Gasteiger partial charge in [-0.25, -0.2) is 4.98 Å². The van der Waals surface area contributed by atoms with Gasteiger partial charge in [0.1, 0.15) is 0 Å². The molecule has 6 aromatic carbocycles. The van der Waals surface area contributed by atoms with E-state index in [-0.39, 0.29) is 11.8 Å². The minimum absolute atomic E-state index is 0.201. The Morgan fingerprint density at radius 3 is 1.64 bits per heavy atom. The largest absolute Gasteiger partial charge is 0.278 e. The van der Waals surface area contributed by atoms with E-state index in [4.69, 9.17) is 15.0 Å². The Morgan fingerprint density at radius 1 is 0.480 bits per heavy atom. The maximum atomic E-state index is 5.21. The lowest BCUT2D eigenvalue weighted by Crippen LogP contribution is -2.35. The lowest BCUT2D eigenvalue weighted by Gasteiger charge is -2.39. The third-order valence-corrected chi connectivity index (χ3v) is 10.6. The van der Waals surface area contributed by atoms with Crippen molar-refractivity contribution in [2.45, 2.75) is 11.3 Å². The molecular formula is C46H32N4. The van der Waals surface area contributed by atoms with Gasteiger partial charge in [-0.05, 0) is 34.4 Å². The topological polar surface area (TPSA) is 43.6 Å². The van der Waals surface area contributed by atoms with Gasteiger partial charge in [-0.1, -0.05) is 170 Å². The third-order valence-electron chi connectivity index (χ3n) is 10.6. The van der Waals surface area contributed by atoms with Gasteiger partial charge in [-0.2, -0.15) is 9.97 Å². The fraction of sp³-hybridized carbons (Fsp3) is 0.0652. The first-order valence-corrected chi connectivity index (χ1v) is 17.2. The fourth-order valence-corrected chi connectivity index (χ4v) is 8.62. The maximum Gasteiger partial charge on any atom is 0.238 e. The van der Waals surface area contributed by atoms with E-state index in [1.165, 1.54) is 33.0 Å². The molecule has 0 N–H and O–H groups in total. The second-order valence-electron chi connectivity index (χ2n) is 13.2. The summed E-state index contributed by atoms with van der Waals surface area (Å²) in [6.07, 6.45) is 9.27. The molecule has 0 saturated heterocycles. The molecule has 4 heteroatoms. The first kappa shape index (κ1) is 28.6. The molecule has 4 nitrogen and oxygen atoms in total. The van der Waals surface area contributed by atoms with E-state index in [9.17, 15) is 0 Å². The molecular weight excluding hydrogens is 609 g/mol. The molecule has 0 spiro atoms. The summed E-state index contributed by atoms with van der Waals surface area (Å²) >= 11 is 0. The Hall–Kier alpha value is -6.39. The van der Waals surface area contributed by atoms with E-state index >= 15 is 0 Å². The van der Waals surface area contributed by atoms with Crippen LogP contribution < -0.4 is 0 Å². The summed E-state index contributed by atoms with van der Waals surface area (Å²) in [4.78, 5) is 15.4. The van der Waals surface area contributed by atoms with Gasteiger partial charge in [0, 0.05) is 33.7 Å². The normalized spacial score (nSPS) is 17.2. The quantitative estimate of drug-likeness (QED) is 0.188. The van der Waals surface area contributed by atoms with E-state index < -0.39 is 5.41 Å². The highest BCUT2D eigenvalue weighted by atomic mass is 15.2. The van der Waals surface area contributed by atoms with Crippen molar-refractivity contribution in [1.82, 2.24) is 19.5 Å². The highest BCUT2D eigenvalue weighted by Crippen LogP contribution is 2.62. The molecule has 2 unspecified atom stereocenters. The highest BCUT2D eigenvalue weighted by Gasteiger charge is 2.54. The summed E-state index contributed by atoms with van der Waals surface area (Å²) in [6.45, 7) is 0. The molecule has 0 bridgehead atoms. The second-order valence-corrected chi connectivity index (χ2v) is 13.2. The molecule has 2 aromatic heterocycles. The molecule has 0 saturated carbocycles. The van der Waals surface area contributed by atoms with Crippen LogP contribution in [0.5, 0.6) is 0 Å². The minimum Gasteiger partial charge on any atom is -0.278 e. The van der Waals surface area contributed by atoms with Crippen molar-refractivity contribution < 1.29 is 0 Å². The minimum atomic E-state index is -0.429. The number of hydrogen-bond donors (Lipinski definition) is 0. The molecule has 2 aliphatic carbocycles. The molecule has 2 atom stereocenters. The van der Waals surface area contributed by atoms with Crippen molar-refractivity contribution in [3.8, 4) is 28.7 Å². The zero-order valence-electron chi connectivity index (χ0n) is 27.3. The average molecular weight is 641 g/mol. The van der Waals surface area contributed by atoms with Gasteiger partial charge in [0.2, 0.25) is 5.95 Å². The van der Waals surface area contributed by atoms with Crippen LogP contribution in [-0.2, 0) is 5.41 Å². The predicted octanol–water partition coefficient (Wildman–Crippen LogP) is 10.5. The molecule has 0 aliphatic heterocycles. The summed E-state index contributed by atoms with van der Waals surface area (Å²) in [7, 11) is 0. The van der Waals surface area contributed by atoms with Crippen LogP contribution in [0.3, 0.4) is 0 Å². The smallest absolute Gasteiger partial charge is 0.238 e. The molecule has 8 aromatic rings. The molecule has 236 valence electrons. The number of para-hydroxylation sites is 1. The Kier molecular flexibility index (Phi) is 6.50. The number of benzene rings is 6. The van der Waals surface area contributed by atoms with E-state index in [2.05, 4.69) is 150 Å². The number of hydrogen-bond acceptors (Lipinski definition) is 3. The van der Waals surface area contributed by atoms with E-state index in [0.29, 0.717) is 17.6 Å². The summed E-state index contributed by atoms with van der Waals surface area (Å²) < 4.78 is 2.25. The van der Waals surface area contributed by atoms with Crippen LogP contribution in [-0.4, -0.2) is 19.5 Å². The van der Waals surface area contributed by atoms with Gasteiger partial charge in [0.15, 0.2) is 11.6 Å². The van der Waals surface area contributed by atoms with Crippen molar-refractivity contribution in [3.63, 3.8) is 0 Å². The van der Waals surface area contributed by atoms with Crippen molar-refractivity contribution in [1.29, 1.82) is 0 Å². The highest BCUT2D eigenvalue weighted by molar-refractivity contribution is 6.12. The molecule has 0 radical (unpaired) electrons. The fourth-order valence-electron chi connectivity index (χ4n) is 8.62. The Bertz CT molecular complexity index is 2490. The second kappa shape index (κ2) is 11.4. The molecule has 2 heterocycles. The van der Waals surface area contributed by atoms with E-state index in [1.807, 2.05) is 36.4 Å². The number of aromatic nitrogens is 4. The summed E-state index contributed by atoms with van der Waals surface area (Å²) in [5.74, 6) is 2.32. The molecule has 0 fully saturated rings. The summed E-state index contributed by atoms with van der Waals surface area (Å²) in [6, 6.07) is 56.0. The van der Waals surface area contributed by atoms with Crippen LogP contribution in [0.25, 0.3) is 50.5 Å². The number of fused-ring (bicyclic) bond motifs is 7. The third kappa shape index (κ3) is 4.15. The first-order valence-electron chi connectivity index (χ1n) is 17.2. The van der Waals surface area contributed by atoms with Crippen LogP contribution in [0.15, 0.2) is 182 Å². The Balaban J connectivity index is 1.34. The standard InChI is InChI=1S/C46H32N4/c1-5-17-31(18-6-1)43-47-44(32-19-7-2-8-20-32)49-45(48-43)50-39-28-16-14-26-37(39)41-40(50)30-29-36-35-25-13-15-27-38(35)46(42(36)41,33-21-9-3-10-22-33)34-23-11-4-12-24-34/h1-30,35,38H. The molecule has 2 aliphatic rings. The van der Waals surface area contributed by atoms with Crippen LogP contribution in [0.4, 0.5) is 0 Å². The van der Waals surface area contributed by atoms with Crippen molar-refractivity contribution >= 4 is 21.8 Å². The van der Waals surface area contributed by atoms with Crippen LogP contribution in [0, 0.1) is 5.92 Å². The van der Waals surface area contributed by atoms with Crippen LogP contribution >= 0.6 is 0 Å². The molecule has 50 heavy (non-hydrogen) atoms. The Morgan fingerprint density at radius 2 is 1.02 bits per heavy atom. The number of nitrogens with zero attached hydrogens (tertiary/aromatic N) is 4. The van der Waals surface area contributed by atoms with Gasteiger partial charge in [-0.3, -0.25) is 4.57 Å². The van der Waals surface area contributed by atoms with Crippen molar-refractivity contribution in [2.24, 2.45) is 5.92 Å². The van der Waals surface area contributed by atoms with Gasteiger partial charge in [0.25, 0.3) is 0 Å². The van der Waals surface area contributed by atoms with Gasteiger partial charge < -0.3 is 0 Å². The summed E-state index contributed by atoms with van der Waals surface area (Å²) in [5, 5.41) is 2.43. The molecule has 0 amide bonds. The zero-order valence-corrected chi connectivity index (χ0v) is 27.3. The predicted molar refractivity (Wildman–Crippen MR) is 202 cm³/mol. The van der Waals surface area contributed by atoms with Gasteiger partial charge in [0.05, 0.1) is 16.4 Å². The number of allylic oxidation sites excluding steroid dienone is 4. The van der Waals surface area contributed by atoms with Crippen molar-refractivity contribution in [2.75, 3.05) is 0 Å². The maximum absolute atomic E-state index is 5.21. The number of rotatable bonds is 5. The zero-order chi connectivity index (χ0) is 33.1. The van der Waals surface area contributed by atoms with E-state index in [1.54, 1.807) is 0 Å². The first-order chi connectivity index (χ1) is 24.8. The monoisotopic (exact) mass is 640 g/mol. The van der Waals surface area contributed by atoms with Crippen molar-refractivity contribution in [3.05, 3.63) is 204 Å². The molecule has 10 rings (SSSR count). The average Bonchev–Trinajstić information content (AvgIpc) is 3.70. The lowest BCUT2D eigenvalue weighted by atomic mass is 9.62. The summed E-state index contributed by atoms with van der Waals surface area (Å²) in [5.41, 5.74) is 8.92. The lowest BCUT2D eigenvalue weighted by molar-refractivity contribution is 0.458.